The molecule has 0 spiro atoms. The summed E-state index contributed by atoms with van der Waals surface area (Å²) >= 11 is 0. The molecule has 0 radical (unpaired) electrons. The van der Waals surface area contributed by atoms with Crippen LogP contribution >= 0.6 is 0 Å². The Morgan fingerprint density at radius 3 is 1.64 bits per heavy atom. The minimum absolute atomic E-state index is 0.773. The van der Waals surface area contributed by atoms with Crippen LogP contribution in [0.5, 0.6) is 0 Å². The smallest absolute Gasteiger partial charge is 0.0540 e. The molecule has 0 amide bonds. The molecule has 0 aliphatic heterocycles. The van der Waals surface area contributed by atoms with Crippen molar-refractivity contribution in [3.05, 3.63) is 146 Å². The second-order valence-corrected chi connectivity index (χ2v) is 8.88. The summed E-state index contributed by atoms with van der Waals surface area (Å²) in [5, 5.41) is 2.45. The molecule has 0 unspecified atom stereocenters. The largest absolute Gasteiger partial charge is 0.399 e. The van der Waals surface area contributed by atoms with E-state index < -0.39 is 0 Å². The topological polar surface area (TPSA) is 29.3 Å². The minimum Gasteiger partial charge on any atom is -0.399 e. The highest BCUT2D eigenvalue weighted by atomic mass is 15.1. The number of nitrogens with zero attached hydrogens (tertiary/aromatic N) is 1. The fraction of sp³-hybridized carbons (Fsp3) is 0. The number of nitrogen functional groups attached to an aromatic ring is 1. The van der Waals surface area contributed by atoms with Crippen LogP contribution in [0.15, 0.2) is 146 Å². The molecule has 2 N–H and O–H groups in total. The lowest BCUT2D eigenvalue weighted by atomic mass is 9.94. The summed E-state index contributed by atoms with van der Waals surface area (Å²) in [4.78, 5) is 2.33. The van der Waals surface area contributed by atoms with Gasteiger partial charge in [-0.05, 0) is 70.1 Å². The van der Waals surface area contributed by atoms with Crippen LogP contribution in [0.2, 0.25) is 0 Å². The first kappa shape index (κ1) is 21.7. The normalized spacial score (nSPS) is 10.9. The summed E-state index contributed by atoms with van der Waals surface area (Å²) in [6.07, 6.45) is 0. The Morgan fingerprint density at radius 1 is 0.417 bits per heavy atom. The van der Waals surface area contributed by atoms with Crippen LogP contribution in [0.25, 0.3) is 33.0 Å². The van der Waals surface area contributed by atoms with Gasteiger partial charge in [-0.3, -0.25) is 0 Å². The zero-order valence-corrected chi connectivity index (χ0v) is 19.9. The monoisotopic (exact) mass is 462 g/mol. The number of anilines is 4. The number of para-hydroxylation sites is 1. The molecule has 6 aromatic carbocycles. The molecule has 0 bridgehead atoms. The molecular formula is C34H26N2. The molecule has 0 atom stereocenters. The Bertz CT molecular complexity index is 1610. The van der Waals surface area contributed by atoms with E-state index in [2.05, 4.69) is 138 Å². The molecule has 2 heteroatoms. The van der Waals surface area contributed by atoms with Gasteiger partial charge in [0.25, 0.3) is 0 Å². The van der Waals surface area contributed by atoms with Gasteiger partial charge in [-0.1, -0.05) is 103 Å². The lowest BCUT2D eigenvalue weighted by Gasteiger charge is -2.27. The second-order valence-electron chi connectivity index (χ2n) is 8.88. The summed E-state index contributed by atoms with van der Waals surface area (Å²) < 4.78 is 0. The molecule has 0 fully saturated rings. The first-order valence-corrected chi connectivity index (χ1v) is 12.2. The maximum Gasteiger partial charge on any atom is 0.0540 e. The van der Waals surface area contributed by atoms with Crippen molar-refractivity contribution in [1.82, 2.24) is 0 Å². The van der Waals surface area contributed by atoms with Gasteiger partial charge >= 0.3 is 0 Å². The minimum atomic E-state index is 0.773. The van der Waals surface area contributed by atoms with Crippen LogP contribution in [0, 0.1) is 0 Å². The zero-order valence-electron chi connectivity index (χ0n) is 19.9. The van der Waals surface area contributed by atoms with Crippen LogP contribution in [0.1, 0.15) is 0 Å². The van der Waals surface area contributed by atoms with Crippen molar-refractivity contribution in [2.75, 3.05) is 10.6 Å². The fourth-order valence-electron chi connectivity index (χ4n) is 4.85. The number of benzene rings is 6. The molecule has 0 saturated carbocycles. The number of nitrogens with two attached hydrogens (primary N) is 1. The highest BCUT2D eigenvalue weighted by Crippen LogP contribution is 2.40. The molecule has 2 nitrogen and oxygen atoms in total. The summed E-state index contributed by atoms with van der Waals surface area (Å²) in [6, 6.07) is 51.1. The molecule has 0 heterocycles. The fourth-order valence-corrected chi connectivity index (χ4v) is 4.85. The van der Waals surface area contributed by atoms with Crippen LogP contribution in [-0.4, -0.2) is 0 Å². The Balaban J connectivity index is 1.45. The van der Waals surface area contributed by atoms with E-state index in [0.29, 0.717) is 0 Å². The average molecular weight is 463 g/mol. The highest BCUT2D eigenvalue weighted by molar-refractivity contribution is 5.99. The zero-order chi connectivity index (χ0) is 24.3. The Hall–Kier alpha value is -4.82. The number of rotatable bonds is 5. The van der Waals surface area contributed by atoms with Gasteiger partial charge in [0, 0.05) is 22.4 Å². The van der Waals surface area contributed by atoms with Crippen molar-refractivity contribution in [3.63, 3.8) is 0 Å². The highest BCUT2D eigenvalue weighted by Gasteiger charge is 2.15. The third-order valence-electron chi connectivity index (χ3n) is 6.61. The molecule has 6 aromatic rings. The van der Waals surface area contributed by atoms with Gasteiger partial charge in [0.1, 0.15) is 0 Å². The van der Waals surface area contributed by atoms with Gasteiger partial charge in [0.05, 0.1) is 5.69 Å². The van der Waals surface area contributed by atoms with E-state index in [4.69, 9.17) is 5.73 Å². The van der Waals surface area contributed by atoms with Crippen molar-refractivity contribution >= 4 is 33.5 Å². The Morgan fingerprint density at radius 2 is 0.944 bits per heavy atom. The maximum atomic E-state index is 5.92. The van der Waals surface area contributed by atoms with Crippen molar-refractivity contribution in [2.24, 2.45) is 0 Å². The Kier molecular flexibility index (Phi) is 5.69. The molecule has 172 valence electrons. The van der Waals surface area contributed by atoms with Gasteiger partial charge in [-0.15, -0.1) is 0 Å². The summed E-state index contributed by atoms with van der Waals surface area (Å²) in [6.45, 7) is 0. The van der Waals surface area contributed by atoms with Crippen LogP contribution in [-0.2, 0) is 0 Å². The number of fused-ring (bicyclic) bond motifs is 1. The first-order valence-electron chi connectivity index (χ1n) is 12.2. The van der Waals surface area contributed by atoms with E-state index >= 15 is 0 Å². The molecule has 36 heavy (non-hydrogen) atoms. The van der Waals surface area contributed by atoms with E-state index in [1.165, 1.54) is 27.5 Å². The SMILES string of the molecule is Nc1ccc(-c2ccccc2-c2ccc(N(c3ccccc3)c3cccc4ccccc34)cc2)cc1. The van der Waals surface area contributed by atoms with E-state index in [-0.39, 0.29) is 0 Å². The third kappa shape index (κ3) is 4.10. The molecule has 6 rings (SSSR count). The van der Waals surface area contributed by atoms with E-state index in [0.717, 1.165) is 28.3 Å². The van der Waals surface area contributed by atoms with Gasteiger partial charge in [-0.2, -0.15) is 0 Å². The van der Waals surface area contributed by atoms with Crippen LogP contribution in [0.3, 0.4) is 0 Å². The standard InChI is InChI=1S/C34H26N2/c35-28-21-17-26(18-22-28)31-13-6-7-14-32(31)27-19-23-30(24-20-27)36(29-11-2-1-3-12-29)34-16-8-10-25-9-4-5-15-33(25)34/h1-24H,35H2. The van der Waals surface area contributed by atoms with Crippen LogP contribution in [0.4, 0.5) is 22.7 Å². The second kappa shape index (κ2) is 9.44. The lowest BCUT2D eigenvalue weighted by molar-refractivity contribution is 1.30. The van der Waals surface area contributed by atoms with E-state index in [9.17, 15) is 0 Å². The van der Waals surface area contributed by atoms with Crippen molar-refractivity contribution < 1.29 is 0 Å². The molecule has 0 aliphatic carbocycles. The molecule has 0 saturated heterocycles. The molecular weight excluding hydrogens is 436 g/mol. The Labute approximate surface area is 211 Å². The predicted octanol–water partition coefficient (Wildman–Crippen LogP) is 9.23. The molecule has 0 aromatic heterocycles. The molecule has 0 aliphatic rings. The third-order valence-corrected chi connectivity index (χ3v) is 6.61. The summed E-state index contributed by atoms with van der Waals surface area (Å²) in [7, 11) is 0. The maximum absolute atomic E-state index is 5.92. The predicted molar refractivity (Wildman–Crippen MR) is 154 cm³/mol. The average Bonchev–Trinajstić information content (AvgIpc) is 2.95. The number of hydrogen-bond acceptors (Lipinski definition) is 2. The van der Waals surface area contributed by atoms with Gasteiger partial charge < -0.3 is 10.6 Å². The quantitative estimate of drug-likeness (QED) is 0.259. The van der Waals surface area contributed by atoms with Crippen molar-refractivity contribution in [1.29, 1.82) is 0 Å². The van der Waals surface area contributed by atoms with Gasteiger partial charge in [0.15, 0.2) is 0 Å². The van der Waals surface area contributed by atoms with Crippen molar-refractivity contribution in [2.45, 2.75) is 0 Å². The summed E-state index contributed by atoms with van der Waals surface area (Å²) in [5.41, 5.74) is 14.8. The summed E-state index contributed by atoms with van der Waals surface area (Å²) in [5.74, 6) is 0. The van der Waals surface area contributed by atoms with Gasteiger partial charge in [-0.25, -0.2) is 0 Å². The van der Waals surface area contributed by atoms with E-state index in [1.807, 2.05) is 12.1 Å². The van der Waals surface area contributed by atoms with Crippen LogP contribution < -0.4 is 10.6 Å². The van der Waals surface area contributed by atoms with Crippen molar-refractivity contribution in [3.8, 4) is 22.3 Å². The lowest BCUT2D eigenvalue weighted by Crippen LogP contribution is -2.10. The van der Waals surface area contributed by atoms with Gasteiger partial charge in [0.2, 0.25) is 0 Å². The van der Waals surface area contributed by atoms with E-state index in [1.54, 1.807) is 0 Å². The first-order chi connectivity index (χ1) is 17.8. The number of hydrogen-bond donors (Lipinski definition) is 1.